The molecule has 0 aliphatic heterocycles. The molecule has 0 N–H and O–H groups in total. The third kappa shape index (κ3) is 4.69. The summed E-state index contributed by atoms with van der Waals surface area (Å²) in [6, 6.07) is 0.358. The van der Waals surface area contributed by atoms with Crippen molar-refractivity contribution in [2.75, 3.05) is 26.5 Å². The lowest BCUT2D eigenvalue weighted by atomic mass is 10.3. The molecular formula is C7H17NO3S. The highest BCUT2D eigenvalue weighted by atomic mass is 32.2. The molecule has 0 aromatic carbocycles. The van der Waals surface area contributed by atoms with Crippen molar-refractivity contribution in [3.63, 3.8) is 0 Å². The van der Waals surface area contributed by atoms with E-state index in [1.807, 2.05) is 25.8 Å². The van der Waals surface area contributed by atoms with Gasteiger partial charge in [-0.1, -0.05) is 0 Å². The third-order valence-electron chi connectivity index (χ3n) is 1.83. The molecule has 0 saturated heterocycles. The van der Waals surface area contributed by atoms with Crippen molar-refractivity contribution in [3.8, 4) is 0 Å². The molecule has 0 fully saturated rings. The molecule has 0 rings (SSSR count). The smallest absolute Gasteiger partial charge is 0.268 e. The zero-order chi connectivity index (χ0) is 9.78. The summed E-state index contributed by atoms with van der Waals surface area (Å²) in [5.41, 5.74) is 0. The first-order chi connectivity index (χ1) is 5.39. The predicted octanol–water partition coefficient (Wildman–Crippen LogP) is 0.303. The van der Waals surface area contributed by atoms with Crippen molar-refractivity contribution in [2.24, 2.45) is 0 Å². The Bertz CT molecular complexity index is 211. The van der Waals surface area contributed by atoms with Crippen molar-refractivity contribution in [3.05, 3.63) is 0 Å². The van der Waals surface area contributed by atoms with Crippen LogP contribution >= 0.6 is 0 Å². The molecule has 4 nitrogen and oxygen atoms in total. The summed E-state index contributed by atoms with van der Waals surface area (Å²) < 4.78 is 26.1. The molecule has 0 heterocycles. The molecule has 0 unspecified atom stereocenters. The molecule has 0 spiro atoms. The van der Waals surface area contributed by atoms with Gasteiger partial charge in [0.1, 0.15) is 0 Å². The minimum absolute atomic E-state index is 0.0537. The van der Waals surface area contributed by atoms with E-state index in [0.29, 0.717) is 12.6 Å². The van der Waals surface area contributed by atoms with Gasteiger partial charge in [-0.15, -0.1) is 0 Å². The summed E-state index contributed by atoms with van der Waals surface area (Å²) in [6.45, 7) is 4.53. The van der Waals surface area contributed by atoms with Crippen molar-refractivity contribution in [2.45, 2.75) is 19.9 Å². The van der Waals surface area contributed by atoms with Gasteiger partial charge in [-0.25, -0.2) is 0 Å². The van der Waals surface area contributed by atoms with E-state index in [9.17, 15) is 8.42 Å². The molecule has 74 valence electrons. The van der Waals surface area contributed by atoms with Crippen LogP contribution in [0.1, 0.15) is 13.8 Å². The zero-order valence-corrected chi connectivity index (χ0v) is 8.89. The van der Waals surface area contributed by atoms with Crippen LogP contribution in [0.5, 0.6) is 0 Å². The van der Waals surface area contributed by atoms with E-state index in [1.165, 1.54) is 7.11 Å². The van der Waals surface area contributed by atoms with E-state index in [-0.39, 0.29) is 5.75 Å². The molecule has 0 atom stereocenters. The van der Waals surface area contributed by atoms with Crippen LogP contribution in [-0.2, 0) is 14.3 Å². The topological polar surface area (TPSA) is 46.6 Å². The van der Waals surface area contributed by atoms with Gasteiger partial charge in [0, 0.05) is 12.6 Å². The predicted molar refractivity (Wildman–Crippen MR) is 48.6 cm³/mol. The highest BCUT2D eigenvalue weighted by Gasteiger charge is 2.11. The van der Waals surface area contributed by atoms with Crippen LogP contribution in [0, 0.1) is 0 Å². The Morgan fingerprint density at radius 1 is 1.42 bits per heavy atom. The molecule has 0 aromatic heterocycles. The lowest BCUT2D eigenvalue weighted by molar-refractivity contribution is 0.285. The van der Waals surface area contributed by atoms with Crippen LogP contribution in [0.25, 0.3) is 0 Å². The highest BCUT2D eigenvalue weighted by Crippen LogP contribution is 1.96. The SMILES string of the molecule is COS(=O)(=O)CCN(C)C(C)C. The fourth-order valence-electron chi connectivity index (χ4n) is 0.597. The number of rotatable bonds is 5. The Morgan fingerprint density at radius 3 is 2.25 bits per heavy atom. The third-order valence-corrected chi connectivity index (χ3v) is 3.02. The van der Waals surface area contributed by atoms with E-state index in [1.54, 1.807) is 0 Å². The lowest BCUT2D eigenvalue weighted by Crippen LogP contribution is -2.31. The summed E-state index contributed by atoms with van der Waals surface area (Å²) in [4.78, 5) is 1.95. The first-order valence-electron chi connectivity index (χ1n) is 3.87. The van der Waals surface area contributed by atoms with Crippen molar-refractivity contribution in [1.29, 1.82) is 0 Å². The summed E-state index contributed by atoms with van der Waals surface area (Å²) >= 11 is 0. The number of hydrogen-bond acceptors (Lipinski definition) is 4. The summed E-state index contributed by atoms with van der Waals surface area (Å²) in [6.07, 6.45) is 0. The maximum Gasteiger partial charge on any atom is 0.268 e. The fourth-order valence-corrected chi connectivity index (χ4v) is 1.28. The molecule has 5 heteroatoms. The van der Waals surface area contributed by atoms with Gasteiger partial charge in [-0.2, -0.15) is 8.42 Å². The normalized spacial score (nSPS) is 12.8. The van der Waals surface area contributed by atoms with Crippen LogP contribution in [0.4, 0.5) is 0 Å². The van der Waals surface area contributed by atoms with E-state index in [4.69, 9.17) is 0 Å². The standard InChI is InChI=1S/C7H17NO3S/c1-7(2)8(3)5-6-12(9,10)11-4/h7H,5-6H2,1-4H3. The fraction of sp³-hybridized carbons (Fsp3) is 1.00. The first kappa shape index (κ1) is 11.9. The second-order valence-corrected chi connectivity index (χ2v) is 4.86. The average Bonchev–Trinajstić information content (AvgIpc) is 2.00. The molecule has 0 aromatic rings. The van der Waals surface area contributed by atoms with Crippen LogP contribution in [0.2, 0.25) is 0 Å². The van der Waals surface area contributed by atoms with Gasteiger partial charge in [-0.3, -0.25) is 4.18 Å². The van der Waals surface area contributed by atoms with E-state index >= 15 is 0 Å². The quantitative estimate of drug-likeness (QED) is 0.592. The van der Waals surface area contributed by atoms with Gasteiger partial charge in [0.25, 0.3) is 10.1 Å². The molecule has 0 bridgehead atoms. The Kier molecular flexibility index (Phi) is 4.74. The summed E-state index contributed by atoms with van der Waals surface area (Å²) in [5, 5.41) is 0. The maximum absolute atomic E-state index is 10.9. The van der Waals surface area contributed by atoms with Crippen LogP contribution in [0.3, 0.4) is 0 Å². The van der Waals surface area contributed by atoms with E-state index in [2.05, 4.69) is 4.18 Å². The molecule has 0 aliphatic carbocycles. The van der Waals surface area contributed by atoms with Gasteiger partial charge >= 0.3 is 0 Å². The Morgan fingerprint density at radius 2 is 1.92 bits per heavy atom. The minimum Gasteiger partial charge on any atom is -0.303 e. The van der Waals surface area contributed by atoms with E-state index < -0.39 is 10.1 Å². The van der Waals surface area contributed by atoms with Gasteiger partial charge < -0.3 is 4.90 Å². The first-order valence-corrected chi connectivity index (χ1v) is 5.45. The summed E-state index contributed by atoms with van der Waals surface area (Å²) in [7, 11) is -0.220. The zero-order valence-electron chi connectivity index (χ0n) is 8.07. The van der Waals surface area contributed by atoms with Crippen LogP contribution < -0.4 is 0 Å². The second-order valence-electron chi connectivity index (χ2n) is 3.00. The van der Waals surface area contributed by atoms with Gasteiger partial charge in [0.15, 0.2) is 0 Å². The Labute approximate surface area is 74.6 Å². The average molecular weight is 195 g/mol. The van der Waals surface area contributed by atoms with Crippen molar-refractivity contribution in [1.82, 2.24) is 4.90 Å². The lowest BCUT2D eigenvalue weighted by Gasteiger charge is -2.19. The molecule has 0 amide bonds. The minimum atomic E-state index is -3.29. The number of nitrogens with zero attached hydrogens (tertiary/aromatic N) is 1. The largest absolute Gasteiger partial charge is 0.303 e. The Balaban J connectivity index is 3.84. The Hall–Kier alpha value is -0.130. The van der Waals surface area contributed by atoms with Crippen molar-refractivity contribution >= 4 is 10.1 Å². The van der Waals surface area contributed by atoms with Crippen LogP contribution in [-0.4, -0.2) is 45.8 Å². The molecule has 0 saturated carbocycles. The van der Waals surface area contributed by atoms with Gasteiger partial charge in [0.2, 0.25) is 0 Å². The maximum atomic E-state index is 10.9. The van der Waals surface area contributed by atoms with Gasteiger partial charge in [-0.05, 0) is 20.9 Å². The summed E-state index contributed by atoms with van der Waals surface area (Å²) in [5.74, 6) is 0.0537. The van der Waals surface area contributed by atoms with E-state index in [0.717, 1.165) is 0 Å². The molecular weight excluding hydrogens is 178 g/mol. The molecule has 12 heavy (non-hydrogen) atoms. The monoisotopic (exact) mass is 195 g/mol. The number of hydrogen-bond donors (Lipinski definition) is 0. The second kappa shape index (κ2) is 4.79. The van der Waals surface area contributed by atoms with Crippen LogP contribution in [0.15, 0.2) is 0 Å². The van der Waals surface area contributed by atoms with Crippen molar-refractivity contribution < 1.29 is 12.6 Å². The van der Waals surface area contributed by atoms with Gasteiger partial charge in [0.05, 0.1) is 12.9 Å². The molecule has 0 aliphatic rings. The highest BCUT2D eigenvalue weighted by molar-refractivity contribution is 7.86. The molecule has 0 radical (unpaired) electrons.